The Morgan fingerprint density at radius 2 is 1.93 bits per heavy atom. The number of fused-ring (bicyclic) bond motifs is 1. The van der Waals surface area contributed by atoms with Crippen LogP contribution in [0.25, 0.3) is 0 Å². The first-order valence-electron chi connectivity index (χ1n) is 11.2. The van der Waals surface area contributed by atoms with Crippen molar-refractivity contribution >= 4 is 5.91 Å². The maximum Gasteiger partial charge on any atom is 0.222 e. The molecule has 4 rings (SSSR count). The fourth-order valence-electron chi connectivity index (χ4n) is 5.52. The molecular formula is C24H33N3O3. The van der Waals surface area contributed by atoms with Crippen LogP contribution in [0.4, 0.5) is 0 Å². The number of benzene rings is 1. The van der Waals surface area contributed by atoms with Crippen molar-refractivity contribution in [2.45, 2.75) is 64.0 Å². The van der Waals surface area contributed by atoms with E-state index in [2.05, 4.69) is 33.9 Å². The van der Waals surface area contributed by atoms with Gasteiger partial charge in [0.15, 0.2) is 11.5 Å². The fraction of sp³-hybridized carbons (Fsp3) is 0.583. The van der Waals surface area contributed by atoms with Gasteiger partial charge < -0.3 is 19.4 Å². The molecule has 1 amide bonds. The Hall–Kier alpha value is -2.50. The summed E-state index contributed by atoms with van der Waals surface area (Å²) in [6.07, 6.45) is 10.1. The normalized spacial score (nSPS) is 25.2. The van der Waals surface area contributed by atoms with Crippen LogP contribution in [0.1, 0.15) is 56.3 Å². The molecule has 30 heavy (non-hydrogen) atoms. The van der Waals surface area contributed by atoms with Gasteiger partial charge in [-0.3, -0.25) is 4.79 Å². The largest absolute Gasteiger partial charge is 0.493 e. The number of carbonyl (C=O) groups excluding carboxylic acids is 1. The SMILES string of the molecule is CCc1nccn1CCC(=O)N[C@H]1[C@@H]2CCCC[C@H]2[C@@H]1c1ccc(OC)c(OC)c1. The van der Waals surface area contributed by atoms with E-state index in [-0.39, 0.29) is 11.9 Å². The third-order valence-electron chi connectivity index (χ3n) is 7.00. The summed E-state index contributed by atoms with van der Waals surface area (Å²) >= 11 is 0. The van der Waals surface area contributed by atoms with Gasteiger partial charge in [0.1, 0.15) is 5.82 Å². The molecule has 1 aromatic carbocycles. The maximum absolute atomic E-state index is 12.8. The number of aromatic nitrogens is 2. The van der Waals surface area contributed by atoms with Crippen molar-refractivity contribution in [1.29, 1.82) is 0 Å². The number of nitrogens with one attached hydrogen (secondary N) is 1. The van der Waals surface area contributed by atoms with E-state index in [0.29, 0.717) is 30.7 Å². The Bertz CT molecular complexity index is 878. The second kappa shape index (κ2) is 9.11. The second-order valence-corrected chi connectivity index (χ2v) is 8.49. The van der Waals surface area contributed by atoms with Crippen molar-refractivity contribution in [2.75, 3.05) is 14.2 Å². The van der Waals surface area contributed by atoms with Crippen LogP contribution in [-0.2, 0) is 17.8 Å². The van der Waals surface area contributed by atoms with Gasteiger partial charge in [0.05, 0.1) is 14.2 Å². The highest BCUT2D eigenvalue weighted by Crippen LogP contribution is 2.55. The summed E-state index contributed by atoms with van der Waals surface area (Å²) in [6.45, 7) is 2.76. The average molecular weight is 412 g/mol. The van der Waals surface area contributed by atoms with E-state index in [1.54, 1.807) is 14.2 Å². The van der Waals surface area contributed by atoms with Crippen molar-refractivity contribution in [3.63, 3.8) is 0 Å². The number of hydrogen-bond donors (Lipinski definition) is 1. The molecular weight excluding hydrogens is 378 g/mol. The fourth-order valence-corrected chi connectivity index (χ4v) is 5.52. The molecule has 6 heteroatoms. The molecule has 1 N–H and O–H groups in total. The molecule has 0 spiro atoms. The molecule has 1 aromatic heterocycles. The Kier molecular flexibility index (Phi) is 6.30. The third-order valence-corrected chi connectivity index (χ3v) is 7.00. The van der Waals surface area contributed by atoms with E-state index in [0.717, 1.165) is 23.7 Å². The van der Waals surface area contributed by atoms with Crippen LogP contribution in [0.3, 0.4) is 0 Å². The van der Waals surface area contributed by atoms with E-state index in [9.17, 15) is 4.79 Å². The van der Waals surface area contributed by atoms with Gasteiger partial charge in [0, 0.05) is 43.7 Å². The molecule has 0 aliphatic heterocycles. The van der Waals surface area contributed by atoms with Gasteiger partial charge in [-0.2, -0.15) is 0 Å². The molecule has 2 aromatic rings. The van der Waals surface area contributed by atoms with E-state index >= 15 is 0 Å². The molecule has 2 fully saturated rings. The van der Waals surface area contributed by atoms with Gasteiger partial charge in [-0.05, 0) is 42.4 Å². The lowest BCUT2D eigenvalue weighted by molar-refractivity contribution is -0.125. The van der Waals surface area contributed by atoms with Crippen LogP contribution in [-0.4, -0.2) is 35.7 Å². The molecule has 2 saturated carbocycles. The Morgan fingerprint density at radius 3 is 2.67 bits per heavy atom. The van der Waals surface area contributed by atoms with Crippen molar-refractivity contribution < 1.29 is 14.3 Å². The lowest BCUT2D eigenvalue weighted by Gasteiger charge is -2.55. The minimum atomic E-state index is 0.130. The summed E-state index contributed by atoms with van der Waals surface area (Å²) in [5, 5.41) is 3.39. The van der Waals surface area contributed by atoms with Gasteiger partial charge in [-0.25, -0.2) is 4.98 Å². The van der Waals surface area contributed by atoms with E-state index < -0.39 is 0 Å². The first kappa shape index (κ1) is 20.8. The van der Waals surface area contributed by atoms with Crippen LogP contribution in [0, 0.1) is 11.8 Å². The molecule has 0 saturated heterocycles. The minimum Gasteiger partial charge on any atom is -0.493 e. The monoisotopic (exact) mass is 411 g/mol. The van der Waals surface area contributed by atoms with Crippen LogP contribution >= 0.6 is 0 Å². The predicted molar refractivity (Wildman–Crippen MR) is 116 cm³/mol. The zero-order valence-electron chi connectivity index (χ0n) is 18.3. The van der Waals surface area contributed by atoms with E-state index in [1.807, 2.05) is 18.5 Å². The summed E-state index contributed by atoms with van der Waals surface area (Å²) < 4.78 is 13.0. The zero-order chi connectivity index (χ0) is 21.1. The van der Waals surface area contributed by atoms with Crippen molar-refractivity contribution in [3.05, 3.63) is 42.0 Å². The number of ether oxygens (including phenoxy) is 2. The van der Waals surface area contributed by atoms with Gasteiger partial charge in [-0.15, -0.1) is 0 Å². The van der Waals surface area contributed by atoms with Crippen molar-refractivity contribution in [1.82, 2.24) is 14.9 Å². The summed E-state index contributed by atoms with van der Waals surface area (Å²) in [4.78, 5) is 17.2. The van der Waals surface area contributed by atoms with Crippen molar-refractivity contribution in [3.8, 4) is 11.5 Å². The Morgan fingerprint density at radius 1 is 1.17 bits per heavy atom. The summed E-state index contributed by atoms with van der Waals surface area (Å²) in [7, 11) is 3.33. The van der Waals surface area contributed by atoms with E-state index in [1.165, 1.54) is 31.2 Å². The summed E-state index contributed by atoms with van der Waals surface area (Å²) in [5.74, 6) is 4.23. The number of hydrogen-bond acceptors (Lipinski definition) is 4. The van der Waals surface area contributed by atoms with Gasteiger partial charge >= 0.3 is 0 Å². The molecule has 162 valence electrons. The lowest BCUT2D eigenvalue weighted by Crippen LogP contribution is -2.59. The van der Waals surface area contributed by atoms with Crippen LogP contribution in [0.15, 0.2) is 30.6 Å². The van der Waals surface area contributed by atoms with Gasteiger partial charge in [0.2, 0.25) is 5.91 Å². The first-order chi connectivity index (χ1) is 14.7. The number of rotatable bonds is 8. The number of aryl methyl sites for hydroxylation is 2. The Balaban J connectivity index is 1.47. The highest BCUT2D eigenvalue weighted by molar-refractivity contribution is 5.76. The molecule has 2 aliphatic rings. The summed E-state index contributed by atoms with van der Waals surface area (Å²) in [5.41, 5.74) is 1.24. The quantitative estimate of drug-likeness (QED) is 0.715. The number of methoxy groups -OCH3 is 2. The van der Waals surface area contributed by atoms with Crippen LogP contribution < -0.4 is 14.8 Å². The van der Waals surface area contributed by atoms with Gasteiger partial charge in [0.25, 0.3) is 0 Å². The molecule has 1 heterocycles. The average Bonchev–Trinajstić information content (AvgIpc) is 3.24. The predicted octanol–water partition coefficient (Wildman–Crippen LogP) is 3.94. The van der Waals surface area contributed by atoms with Crippen molar-refractivity contribution in [2.24, 2.45) is 11.8 Å². The lowest BCUT2D eigenvalue weighted by atomic mass is 9.53. The highest BCUT2D eigenvalue weighted by atomic mass is 16.5. The topological polar surface area (TPSA) is 65.4 Å². The minimum absolute atomic E-state index is 0.130. The third kappa shape index (κ3) is 3.92. The van der Waals surface area contributed by atoms with Crippen LogP contribution in [0.2, 0.25) is 0 Å². The molecule has 0 radical (unpaired) electrons. The maximum atomic E-state index is 12.8. The molecule has 0 bridgehead atoms. The Labute approximate surface area is 179 Å². The smallest absolute Gasteiger partial charge is 0.222 e. The first-order valence-corrected chi connectivity index (χ1v) is 11.2. The second-order valence-electron chi connectivity index (χ2n) is 8.49. The highest BCUT2D eigenvalue weighted by Gasteiger charge is 2.51. The van der Waals surface area contributed by atoms with E-state index in [4.69, 9.17) is 9.47 Å². The molecule has 6 nitrogen and oxygen atoms in total. The molecule has 4 atom stereocenters. The molecule has 2 aliphatic carbocycles. The standard InChI is InChI=1S/C24H33N3O3/c1-4-21-25-12-14-27(21)13-11-22(28)26-24-18-8-6-5-7-17(18)23(24)16-9-10-19(29-2)20(15-16)30-3/h9-10,12,14-15,17-18,23-24H,4-8,11,13H2,1-3H3,(H,26,28)/t17-,18-,23+,24+/m1/s1. The number of nitrogens with zero attached hydrogens (tertiary/aromatic N) is 2. The number of amides is 1. The number of carbonyl (C=O) groups is 1. The zero-order valence-corrected chi connectivity index (χ0v) is 18.3. The summed E-state index contributed by atoms with van der Waals surface area (Å²) in [6, 6.07) is 6.41. The molecule has 0 unspecified atom stereocenters. The number of imidazole rings is 1. The van der Waals surface area contributed by atoms with Crippen LogP contribution in [0.5, 0.6) is 11.5 Å². The van der Waals surface area contributed by atoms with Gasteiger partial charge in [-0.1, -0.05) is 25.8 Å².